The zero-order valence-corrected chi connectivity index (χ0v) is 19.0. The SMILES string of the molecule is C[C@H](Sc1ccc(S(=O)(=O)N2CCN(C)CC2)cn1)C(=O)NCC1CCCCC1. The number of carbonyl (C=O) groups excluding carboxylic acids is 1. The van der Waals surface area contributed by atoms with Crippen molar-refractivity contribution >= 4 is 27.7 Å². The van der Waals surface area contributed by atoms with Gasteiger partial charge in [-0.1, -0.05) is 31.0 Å². The molecule has 9 heteroatoms. The molecule has 1 aliphatic heterocycles. The van der Waals surface area contributed by atoms with Crippen LogP contribution in [0.3, 0.4) is 0 Å². The average Bonchev–Trinajstić information content (AvgIpc) is 2.73. The lowest BCUT2D eigenvalue weighted by molar-refractivity contribution is -0.120. The quantitative estimate of drug-likeness (QED) is 0.655. The molecule has 1 amide bonds. The Hall–Kier alpha value is -1.16. The Kier molecular flexibility index (Phi) is 7.95. The van der Waals surface area contributed by atoms with E-state index in [0.717, 1.165) is 19.6 Å². The standard InChI is InChI=1S/C20H32N4O3S2/c1-16(20(25)22-14-17-6-4-3-5-7-17)28-19-9-8-18(15-21-19)29(26,27)24-12-10-23(2)11-13-24/h8-9,15-17H,3-7,10-14H2,1-2H3,(H,22,25)/t16-/m0/s1. The van der Waals surface area contributed by atoms with Crippen LogP contribution in [0.25, 0.3) is 0 Å². The van der Waals surface area contributed by atoms with Gasteiger partial charge in [-0.15, -0.1) is 0 Å². The first-order chi connectivity index (χ1) is 13.9. The number of amides is 1. The fourth-order valence-corrected chi connectivity index (χ4v) is 5.96. The lowest BCUT2D eigenvalue weighted by Crippen LogP contribution is -2.47. The molecular formula is C20H32N4O3S2. The van der Waals surface area contributed by atoms with E-state index in [1.54, 1.807) is 12.1 Å². The molecule has 0 bridgehead atoms. The molecule has 1 atom stereocenters. The number of piperazine rings is 1. The molecule has 2 fully saturated rings. The summed E-state index contributed by atoms with van der Waals surface area (Å²) in [5.41, 5.74) is 0. The van der Waals surface area contributed by atoms with E-state index >= 15 is 0 Å². The first kappa shape index (κ1) is 22.5. The number of sulfonamides is 1. The second-order valence-electron chi connectivity index (χ2n) is 8.05. The van der Waals surface area contributed by atoms with Gasteiger partial charge in [0.25, 0.3) is 0 Å². The van der Waals surface area contributed by atoms with Gasteiger partial charge in [-0.25, -0.2) is 13.4 Å². The number of hydrogen-bond donors (Lipinski definition) is 1. The third-order valence-corrected chi connectivity index (χ3v) is 8.70. The van der Waals surface area contributed by atoms with E-state index in [-0.39, 0.29) is 16.1 Å². The summed E-state index contributed by atoms with van der Waals surface area (Å²) in [4.78, 5) is 19.0. The van der Waals surface area contributed by atoms with Gasteiger partial charge in [0.15, 0.2) is 0 Å². The van der Waals surface area contributed by atoms with Crippen LogP contribution in [0.1, 0.15) is 39.0 Å². The molecule has 0 aromatic carbocycles. The van der Waals surface area contributed by atoms with Gasteiger partial charge in [-0.3, -0.25) is 4.79 Å². The number of hydrogen-bond acceptors (Lipinski definition) is 6. The van der Waals surface area contributed by atoms with Gasteiger partial charge in [0, 0.05) is 38.9 Å². The summed E-state index contributed by atoms with van der Waals surface area (Å²) in [6, 6.07) is 3.29. The molecule has 7 nitrogen and oxygen atoms in total. The number of aromatic nitrogens is 1. The molecular weight excluding hydrogens is 408 g/mol. The Morgan fingerprint density at radius 2 is 1.90 bits per heavy atom. The first-order valence-corrected chi connectivity index (χ1v) is 12.8. The molecule has 1 saturated heterocycles. The third-order valence-electron chi connectivity index (χ3n) is 5.77. The van der Waals surface area contributed by atoms with E-state index in [1.807, 2.05) is 14.0 Å². The van der Waals surface area contributed by atoms with Crippen LogP contribution in [0.15, 0.2) is 28.3 Å². The molecule has 29 heavy (non-hydrogen) atoms. The molecule has 0 spiro atoms. The first-order valence-electron chi connectivity index (χ1n) is 10.5. The number of nitrogens with one attached hydrogen (secondary N) is 1. The van der Waals surface area contributed by atoms with Crippen molar-refractivity contribution in [3.05, 3.63) is 18.3 Å². The summed E-state index contributed by atoms with van der Waals surface area (Å²) in [5.74, 6) is 0.610. The van der Waals surface area contributed by atoms with E-state index in [0.29, 0.717) is 24.0 Å². The van der Waals surface area contributed by atoms with E-state index in [4.69, 9.17) is 0 Å². The molecule has 162 valence electrons. The molecule has 1 aliphatic carbocycles. The van der Waals surface area contributed by atoms with Crippen LogP contribution in [-0.2, 0) is 14.8 Å². The second kappa shape index (κ2) is 10.2. The highest BCUT2D eigenvalue weighted by Crippen LogP contribution is 2.25. The van der Waals surface area contributed by atoms with Crippen LogP contribution in [-0.4, -0.2) is 73.5 Å². The van der Waals surface area contributed by atoms with Gasteiger partial charge in [-0.2, -0.15) is 4.31 Å². The highest BCUT2D eigenvalue weighted by molar-refractivity contribution is 8.00. The second-order valence-corrected chi connectivity index (χ2v) is 11.3. The minimum Gasteiger partial charge on any atom is -0.355 e. The van der Waals surface area contributed by atoms with Crippen molar-refractivity contribution in [3.8, 4) is 0 Å². The van der Waals surface area contributed by atoms with E-state index in [1.165, 1.54) is 54.4 Å². The number of likely N-dealkylation sites (N-methyl/N-ethyl adjacent to an activating group) is 1. The predicted molar refractivity (Wildman–Crippen MR) is 115 cm³/mol. The molecule has 1 N–H and O–H groups in total. The number of carbonyl (C=O) groups is 1. The molecule has 2 heterocycles. The number of pyridine rings is 1. The highest BCUT2D eigenvalue weighted by Gasteiger charge is 2.28. The number of rotatable bonds is 7. The number of thioether (sulfide) groups is 1. The summed E-state index contributed by atoms with van der Waals surface area (Å²) < 4.78 is 27.0. The molecule has 3 rings (SSSR count). The molecule has 1 aromatic heterocycles. The van der Waals surface area contributed by atoms with Crippen LogP contribution in [0, 0.1) is 5.92 Å². The maximum atomic E-state index is 12.8. The van der Waals surface area contributed by atoms with Crippen molar-refractivity contribution in [2.24, 2.45) is 5.92 Å². The Morgan fingerprint density at radius 3 is 2.52 bits per heavy atom. The molecule has 1 saturated carbocycles. The minimum absolute atomic E-state index is 0.0107. The largest absolute Gasteiger partial charge is 0.355 e. The topological polar surface area (TPSA) is 82.6 Å². The van der Waals surface area contributed by atoms with Crippen molar-refractivity contribution in [3.63, 3.8) is 0 Å². The van der Waals surface area contributed by atoms with Crippen molar-refractivity contribution in [2.75, 3.05) is 39.8 Å². The molecule has 0 unspecified atom stereocenters. The monoisotopic (exact) mass is 440 g/mol. The number of nitrogens with zero attached hydrogens (tertiary/aromatic N) is 3. The fraction of sp³-hybridized carbons (Fsp3) is 0.700. The average molecular weight is 441 g/mol. The van der Waals surface area contributed by atoms with Crippen molar-refractivity contribution in [1.29, 1.82) is 0 Å². The maximum Gasteiger partial charge on any atom is 0.244 e. The van der Waals surface area contributed by atoms with E-state index in [9.17, 15) is 13.2 Å². The van der Waals surface area contributed by atoms with Gasteiger partial charge >= 0.3 is 0 Å². The lowest BCUT2D eigenvalue weighted by atomic mass is 9.89. The van der Waals surface area contributed by atoms with Gasteiger partial charge in [0.2, 0.25) is 15.9 Å². The summed E-state index contributed by atoms with van der Waals surface area (Å²) >= 11 is 1.36. The van der Waals surface area contributed by atoms with Crippen LogP contribution in [0.2, 0.25) is 0 Å². The summed E-state index contributed by atoms with van der Waals surface area (Å²) in [6.07, 6.45) is 7.64. The molecule has 0 radical (unpaired) electrons. The summed E-state index contributed by atoms with van der Waals surface area (Å²) in [5, 5.41) is 3.44. The van der Waals surface area contributed by atoms with Gasteiger partial charge in [0.1, 0.15) is 4.90 Å². The zero-order chi connectivity index (χ0) is 20.9. The zero-order valence-electron chi connectivity index (χ0n) is 17.3. The minimum atomic E-state index is -3.51. The Labute approximate surface area is 178 Å². The Balaban J connectivity index is 1.52. The Bertz CT molecular complexity index is 771. The van der Waals surface area contributed by atoms with Crippen molar-refractivity contribution in [2.45, 2.75) is 54.2 Å². The van der Waals surface area contributed by atoms with Crippen LogP contribution >= 0.6 is 11.8 Å². The van der Waals surface area contributed by atoms with E-state index in [2.05, 4.69) is 15.2 Å². The Morgan fingerprint density at radius 1 is 1.21 bits per heavy atom. The van der Waals surface area contributed by atoms with E-state index < -0.39 is 10.0 Å². The van der Waals surface area contributed by atoms with Crippen LogP contribution in [0.5, 0.6) is 0 Å². The highest BCUT2D eigenvalue weighted by atomic mass is 32.2. The summed E-state index contributed by atoms with van der Waals surface area (Å²) in [6.45, 7) is 5.06. The molecule has 2 aliphatic rings. The van der Waals surface area contributed by atoms with Crippen LogP contribution < -0.4 is 5.32 Å². The summed E-state index contributed by atoms with van der Waals surface area (Å²) in [7, 11) is -1.52. The van der Waals surface area contributed by atoms with Crippen molar-refractivity contribution in [1.82, 2.24) is 19.5 Å². The van der Waals surface area contributed by atoms with Crippen LogP contribution in [0.4, 0.5) is 0 Å². The van der Waals surface area contributed by atoms with Crippen molar-refractivity contribution < 1.29 is 13.2 Å². The lowest BCUT2D eigenvalue weighted by Gasteiger charge is -2.31. The molecule has 1 aromatic rings. The third kappa shape index (κ3) is 6.16. The normalized spacial score (nSPS) is 21.0. The maximum absolute atomic E-state index is 12.8. The predicted octanol–water partition coefficient (Wildman–Crippen LogP) is 2.19. The van der Waals surface area contributed by atoms with Gasteiger partial charge in [-0.05, 0) is 44.9 Å². The van der Waals surface area contributed by atoms with Gasteiger partial charge in [0.05, 0.1) is 10.3 Å². The smallest absolute Gasteiger partial charge is 0.244 e. The fourth-order valence-electron chi connectivity index (χ4n) is 3.78. The van der Waals surface area contributed by atoms with Gasteiger partial charge < -0.3 is 10.2 Å².